The maximum Gasteiger partial charge on any atom is 0.266 e. The number of hydrogen-bond donors (Lipinski definition) is 1. The van der Waals surface area contributed by atoms with Crippen LogP contribution in [0.5, 0.6) is 0 Å². The Hall–Kier alpha value is -1.69. The summed E-state index contributed by atoms with van der Waals surface area (Å²) < 4.78 is 0. The number of likely N-dealkylation sites (tertiary alicyclic amines) is 1. The second-order valence-corrected chi connectivity index (χ2v) is 4.78. The lowest BCUT2D eigenvalue weighted by molar-refractivity contribution is -0.151. The van der Waals surface area contributed by atoms with Gasteiger partial charge in [0.05, 0.1) is 18.4 Å². The zero-order valence-electron chi connectivity index (χ0n) is 11.1. The fourth-order valence-electron chi connectivity index (χ4n) is 2.55. The van der Waals surface area contributed by atoms with Crippen LogP contribution in [0.1, 0.15) is 26.7 Å². The maximum absolute atomic E-state index is 12.2. The molecule has 0 aromatic carbocycles. The molecule has 2 aliphatic rings. The van der Waals surface area contributed by atoms with E-state index in [2.05, 4.69) is 5.48 Å². The van der Waals surface area contributed by atoms with Crippen LogP contribution in [-0.2, 0) is 19.2 Å². The molecular weight excluding hydrogens is 248 g/mol. The molecule has 1 saturated heterocycles. The van der Waals surface area contributed by atoms with Crippen LogP contribution in [0.2, 0.25) is 0 Å². The summed E-state index contributed by atoms with van der Waals surface area (Å²) in [7, 11) is 0. The largest absolute Gasteiger partial charge is 0.274 e. The van der Waals surface area contributed by atoms with Crippen LogP contribution in [0.3, 0.4) is 0 Å². The van der Waals surface area contributed by atoms with Crippen molar-refractivity contribution in [1.82, 2.24) is 10.4 Å². The van der Waals surface area contributed by atoms with Crippen molar-refractivity contribution in [2.24, 2.45) is 11.8 Å². The highest BCUT2D eigenvalue weighted by Gasteiger charge is 2.50. The van der Waals surface area contributed by atoms with Crippen molar-refractivity contribution in [1.29, 1.82) is 0 Å². The maximum atomic E-state index is 12.2. The number of imide groups is 1. The summed E-state index contributed by atoms with van der Waals surface area (Å²) >= 11 is 0. The molecule has 19 heavy (non-hydrogen) atoms. The van der Waals surface area contributed by atoms with Gasteiger partial charge in [0, 0.05) is 0 Å². The summed E-state index contributed by atoms with van der Waals surface area (Å²) in [6.45, 7) is 3.60. The van der Waals surface area contributed by atoms with Gasteiger partial charge in [-0.15, -0.1) is 0 Å². The Morgan fingerprint density at radius 2 is 1.89 bits per heavy atom. The number of hydroxylamine groups is 1. The van der Waals surface area contributed by atoms with Crippen molar-refractivity contribution >= 4 is 17.7 Å². The number of nitrogens with zero attached hydrogens (tertiary/aromatic N) is 1. The summed E-state index contributed by atoms with van der Waals surface area (Å²) in [6.07, 6.45) is 4.98. The molecule has 0 bridgehead atoms. The second kappa shape index (κ2) is 5.52. The Kier molecular flexibility index (Phi) is 3.99. The van der Waals surface area contributed by atoms with Gasteiger partial charge in [-0.25, -0.2) is 5.48 Å². The minimum atomic E-state index is -0.836. The van der Waals surface area contributed by atoms with E-state index in [1.54, 1.807) is 6.92 Å². The molecule has 1 N–H and O–H groups in total. The fourth-order valence-corrected chi connectivity index (χ4v) is 2.55. The Labute approximate surface area is 111 Å². The predicted octanol–water partition coefficient (Wildman–Crippen LogP) is 0.394. The van der Waals surface area contributed by atoms with Crippen LogP contribution in [0.15, 0.2) is 12.2 Å². The fraction of sp³-hybridized carbons (Fsp3) is 0.615. The van der Waals surface area contributed by atoms with Crippen molar-refractivity contribution < 1.29 is 19.2 Å². The molecule has 1 fully saturated rings. The molecule has 1 heterocycles. The summed E-state index contributed by atoms with van der Waals surface area (Å²) in [5.74, 6) is -1.59. The number of hydrogen-bond acceptors (Lipinski definition) is 4. The van der Waals surface area contributed by atoms with Crippen LogP contribution in [0, 0.1) is 11.8 Å². The monoisotopic (exact) mass is 266 g/mol. The highest BCUT2D eigenvalue weighted by molar-refractivity contribution is 6.08. The second-order valence-electron chi connectivity index (χ2n) is 4.78. The average molecular weight is 266 g/mol. The van der Waals surface area contributed by atoms with Crippen LogP contribution in [0.4, 0.5) is 0 Å². The first-order chi connectivity index (χ1) is 9.07. The number of nitrogens with one attached hydrogen (secondary N) is 1. The van der Waals surface area contributed by atoms with E-state index in [1.165, 1.54) is 6.92 Å². The van der Waals surface area contributed by atoms with Gasteiger partial charge >= 0.3 is 0 Å². The van der Waals surface area contributed by atoms with Crippen molar-refractivity contribution in [2.75, 3.05) is 6.61 Å². The molecule has 0 saturated carbocycles. The molecular formula is C13H18N2O4. The van der Waals surface area contributed by atoms with E-state index in [0.29, 0.717) is 19.4 Å². The first-order valence-electron chi connectivity index (χ1n) is 6.51. The zero-order chi connectivity index (χ0) is 14.0. The minimum Gasteiger partial charge on any atom is -0.274 e. The Morgan fingerprint density at radius 1 is 1.37 bits per heavy atom. The number of fused-ring (bicyclic) bond motifs is 1. The molecule has 3 amide bonds. The number of rotatable bonds is 4. The molecule has 1 aliphatic carbocycles. The van der Waals surface area contributed by atoms with Crippen molar-refractivity contribution in [3.05, 3.63) is 12.2 Å². The molecule has 104 valence electrons. The van der Waals surface area contributed by atoms with Gasteiger partial charge in [0.25, 0.3) is 5.91 Å². The Balaban J connectivity index is 2.10. The van der Waals surface area contributed by atoms with E-state index in [0.717, 1.165) is 4.90 Å². The van der Waals surface area contributed by atoms with Crippen LogP contribution < -0.4 is 5.48 Å². The highest BCUT2D eigenvalue weighted by Crippen LogP contribution is 2.35. The Bertz CT molecular complexity index is 406. The number of amides is 3. The summed E-state index contributed by atoms with van der Waals surface area (Å²) in [5, 5.41) is 0. The normalized spacial score (nSPS) is 27.4. The zero-order valence-corrected chi connectivity index (χ0v) is 11.1. The van der Waals surface area contributed by atoms with Gasteiger partial charge in [-0.2, -0.15) is 0 Å². The lowest BCUT2D eigenvalue weighted by atomic mass is 9.85. The Morgan fingerprint density at radius 3 is 2.37 bits per heavy atom. The number of carbonyl (C=O) groups is 3. The molecule has 0 spiro atoms. The van der Waals surface area contributed by atoms with Gasteiger partial charge in [-0.3, -0.25) is 24.1 Å². The van der Waals surface area contributed by atoms with Crippen LogP contribution in [-0.4, -0.2) is 35.3 Å². The summed E-state index contributed by atoms with van der Waals surface area (Å²) in [5.41, 5.74) is 2.23. The number of allylic oxidation sites excluding steroid dienone is 2. The van der Waals surface area contributed by atoms with E-state index in [9.17, 15) is 14.4 Å². The molecule has 1 aliphatic heterocycles. The molecule has 0 aromatic heterocycles. The van der Waals surface area contributed by atoms with Crippen molar-refractivity contribution in [2.45, 2.75) is 32.7 Å². The van der Waals surface area contributed by atoms with E-state index in [4.69, 9.17) is 4.84 Å². The molecule has 3 atom stereocenters. The third-order valence-electron chi connectivity index (χ3n) is 3.63. The van der Waals surface area contributed by atoms with Gasteiger partial charge in [0.1, 0.15) is 6.04 Å². The van der Waals surface area contributed by atoms with Crippen molar-refractivity contribution in [3.8, 4) is 0 Å². The van der Waals surface area contributed by atoms with E-state index >= 15 is 0 Å². The van der Waals surface area contributed by atoms with Gasteiger partial charge < -0.3 is 0 Å². The smallest absolute Gasteiger partial charge is 0.266 e. The quantitative estimate of drug-likeness (QED) is 0.454. The summed E-state index contributed by atoms with van der Waals surface area (Å²) in [6, 6.07) is -0.836. The topological polar surface area (TPSA) is 75.7 Å². The van der Waals surface area contributed by atoms with Gasteiger partial charge in [-0.05, 0) is 26.7 Å². The molecule has 0 unspecified atom stereocenters. The first kappa shape index (κ1) is 13.7. The molecule has 6 nitrogen and oxygen atoms in total. The molecule has 0 radical (unpaired) electrons. The van der Waals surface area contributed by atoms with Gasteiger partial charge in [0.2, 0.25) is 11.8 Å². The third-order valence-corrected chi connectivity index (χ3v) is 3.63. The molecule has 0 aromatic rings. The lowest BCUT2D eigenvalue weighted by Gasteiger charge is -2.21. The predicted molar refractivity (Wildman–Crippen MR) is 66.4 cm³/mol. The third kappa shape index (κ3) is 2.40. The average Bonchev–Trinajstić information content (AvgIpc) is 2.68. The number of carbonyl (C=O) groups excluding carboxylic acids is 3. The van der Waals surface area contributed by atoms with Gasteiger partial charge in [-0.1, -0.05) is 12.2 Å². The first-order valence-corrected chi connectivity index (χ1v) is 6.51. The van der Waals surface area contributed by atoms with Crippen LogP contribution in [0.25, 0.3) is 0 Å². The van der Waals surface area contributed by atoms with Gasteiger partial charge in [0.15, 0.2) is 0 Å². The van der Waals surface area contributed by atoms with Crippen LogP contribution >= 0.6 is 0 Å². The standard InChI is InChI=1S/C13H18N2O4/c1-3-19-14-11(16)8(2)15-12(17)9-6-4-5-7-10(9)13(15)18/h4-5,8-10H,3,6-7H2,1-2H3,(H,14,16)/t8-,9-,10-/m0/s1. The van der Waals surface area contributed by atoms with E-state index < -0.39 is 11.9 Å². The van der Waals surface area contributed by atoms with E-state index in [1.807, 2.05) is 12.2 Å². The minimum absolute atomic E-state index is 0.251. The molecule has 2 rings (SSSR count). The highest BCUT2D eigenvalue weighted by atomic mass is 16.6. The van der Waals surface area contributed by atoms with Crippen molar-refractivity contribution in [3.63, 3.8) is 0 Å². The molecule has 6 heteroatoms. The summed E-state index contributed by atoms with van der Waals surface area (Å²) in [4.78, 5) is 42.1. The van der Waals surface area contributed by atoms with E-state index in [-0.39, 0.29) is 23.7 Å². The SMILES string of the molecule is CCONC(=O)[C@H](C)N1C(=O)[C@H]2CC=CC[C@@H]2C1=O. The lowest BCUT2D eigenvalue weighted by Crippen LogP contribution is -2.48.